The van der Waals surface area contributed by atoms with E-state index in [4.69, 9.17) is 0 Å². The van der Waals surface area contributed by atoms with Crippen LogP contribution in [0.5, 0.6) is 0 Å². The molecule has 1 atom stereocenters. The number of carbonyl (C=O) groups is 2. The molecule has 0 aromatic heterocycles. The van der Waals surface area contributed by atoms with Gasteiger partial charge in [-0.1, -0.05) is 30.3 Å². The van der Waals surface area contributed by atoms with Gasteiger partial charge in [0.1, 0.15) is 0 Å². The number of amides is 2. The summed E-state index contributed by atoms with van der Waals surface area (Å²) in [7, 11) is 0. The Morgan fingerprint density at radius 3 is 2.62 bits per heavy atom. The number of para-hydroxylation sites is 2. The number of anilines is 2. The molecule has 2 amide bonds. The van der Waals surface area contributed by atoms with E-state index in [9.17, 15) is 9.59 Å². The van der Waals surface area contributed by atoms with Gasteiger partial charge in [0, 0.05) is 13.0 Å². The number of fused-ring (bicyclic) bond motifs is 1. The van der Waals surface area contributed by atoms with Crippen molar-refractivity contribution >= 4 is 23.2 Å². The van der Waals surface area contributed by atoms with E-state index < -0.39 is 0 Å². The zero-order valence-electron chi connectivity index (χ0n) is 17.0. The maximum atomic E-state index is 12.5. The van der Waals surface area contributed by atoms with Crippen molar-refractivity contribution in [3.63, 3.8) is 0 Å². The lowest BCUT2D eigenvalue weighted by Crippen LogP contribution is -2.32. The van der Waals surface area contributed by atoms with Crippen LogP contribution in [-0.4, -0.2) is 24.9 Å². The van der Waals surface area contributed by atoms with E-state index in [-0.39, 0.29) is 24.4 Å². The summed E-state index contributed by atoms with van der Waals surface area (Å²) in [5.41, 5.74) is 5.71. The highest BCUT2D eigenvalue weighted by atomic mass is 16.2. The van der Waals surface area contributed by atoms with Gasteiger partial charge in [-0.3, -0.25) is 9.59 Å². The molecule has 1 unspecified atom stereocenters. The van der Waals surface area contributed by atoms with Crippen molar-refractivity contribution in [1.82, 2.24) is 5.32 Å². The summed E-state index contributed by atoms with van der Waals surface area (Å²) < 4.78 is 0. The first-order chi connectivity index (χ1) is 14.1. The van der Waals surface area contributed by atoms with Crippen LogP contribution in [0.15, 0.2) is 42.5 Å². The molecule has 0 saturated carbocycles. The zero-order valence-corrected chi connectivity index (χ0v) is 17.0. The first kappa shape index (κ1) is 19.5. The van der Waals surface area contributed by atoms with Crippen LogP contribution in [0, 0.1) is 0 Å². The molecule has 29 heavy (non-hydrogen) atoms. The molecule has 2 aromatic carbocycles. The Bertz CT molecular complexity index is 909. The third kappa shape index (κ3) is 4.44. The monoisotopic (exact) mass is 391 g/mol. The minimum atomic E-state index is -0.0576. The smallest absolute Gasteiger partial charge is 0.239 e. The molecule has 0 spiro atoms. The second-order valence-corrected chi connectivity index (χ2v) is 8.04. The van der Waals surface area contributed by atoms with Crippen LogP contribution in [0.25, 0.3) is 0 Å². The maximum absolute atomic E-state index is 12.5. The SMILES string of the molecule is CC(NC(=O)CNc1ccccc1N1CCCC1=O)c1ccc2c(c1)CCCC2. The standard InChI is InChI=1S/C24H29N3O2/c1-17(19-13-12-18-7-2-3-8-20(18)15-19)26-23(28)16-25-21-9-4-5-10-22(21)27-14-6-11-24(27)29/h4-5,9-10,12-13,15,17,25H,2-3,6-8,11,14,16H2,1H3,(H,26,28). The molecular weight excluding hydrogens is 362 g/mol. The van der Waals surface area contributed by atoms with Crippen LogP contribution < -0.4 is 15.5 Å². The van der Waals surface area contributed by atoms with Crippen LogP contribution in [0.3, 0.4) is 0 Å². The second-order valence-electron chi connectivity index (χ2n) is 8.04. The van der Waals surface area contributed by atoms with E-state index in [1.54, 1.807) is 4.90 Å². The van der Waals surface area contributed by atoms with Crippen LogP contribution >= 0.6 is 0 Å². The Hall–Kier alpha value is -2.82. The molecule has 2 aromatic rings. The molecule has 4 rings (SSSR count). The van der Waals surface area contributed by atoms with Gasteiger partial charge in [-0.15, -0.1) is 0 Å². The predicted octanol–water partition coefficient (Wildman–Crippen LogP) is 3.98. The Labute approximate surface area is 172 Å². The predicted molar refractivity (Wildman–Crippen MR) is 116 cm³/mol. The van der Waals surface area contributed by atoms with Gasteiger partial charge in [-0.05, 0) is 67.9 Å². The first-order valence-electron chi connectivity index (χ1n) is 10.7. The number of hydrogen-bond donors (Lipinski definition) is 2. The molecule has 5 heteroatoms. The normalized spacial score (nSPS) is 17.0. The Morgan fingerprint density at radius 2 is 1.83 bits per heavy atom. The fraction of sp³-hybridized carbons (Fsp3) is 0.417. The number of carbonyl (C=O) groups excluding carboxylic acids is 2. The van der Waals surface area contributed by atoms with E-state index in [0.717, 1.165) is 36.3 Å². The molecule has 1 aliphatic heterocycles. The van der Waals surface area contributed by atoms with E-state index in [0.29, 0.717) is 6.42 Å². The number of nitrogens with one attached hydrogen (secondary N) is 2. The molecule has 152 valence electrons. The molecule has 2 N–H and O–H groups in total. The van der Waals surface area contributed by atoms with Gasteiger partial charge in [0.25, 0.3) is 0 Å². The molecule has 2 aliphatic rings. The summed E-state index contributed by atoms with van der Waals surface area (Å²) in [6, 6.07) is 14.3. The minimum absolute atomic E-state index is 0.0352. The average molecular weight is 392 g/mol. The minimum Gasteiger partial charge on any atom is -0.374 e. The van der Waals surface area contributed by atoms with Crippen LogP contribution in [0.1, 0.15) is 55.3 Å². The number of benzene rings is 2. The third-order valence-corrected chi connectivity index (χ3v) is 5.96. The average Bonchev–Trinajstić information content (AvgIpc) is 3.17. The van der Waals surface area contributed by atoms with E-state index in [2.05, 4.69) is 28.8 Å². The van der Waals surface area contributed by atoms with Gasteiger partial charge >= 0.3 is 0 Å². The van der Waals surface area contributed by atoms with Crippen molar-refractivity contribution in [1.29, 1.82) is 0 Å². The summed E-state index contributed by atoms with van der Waals surface area (Å²) in [6.07, 6.45) is 6.30. The van der Waals surface area contributed by atoms with Crippen LogP contribution in [-0.2, 0) is 22.4 Å². The molecule has 1 aliphatic carbocycles. The molecule has 1 fully saturated rings. The number of aryl methyl sites for hydroxylation is 2. The summed E-state index contributed by atoms with van der Waals surface area (Å²) in [5.74, 6) is 0.0857. The number of rotatable bonds is 6. The van der Waals surface area contributed by atoms with Crippen LogP contribution in [0.2, 0.25) is 0 Å². The summed E-state index contributed by atoms with van der Waals surface area (Å²) in [6.45, 7) is 2.94. The number of hydrogen-bond acceptors (Lipinski definition) is 3. The third-order valence-electron chi connectivity index (χ3n) is 5.96. The topological polar surface area (TPSA) is 61.4 Å². The molecule has 1 saturated heterocycles. The first-order valence-corrected chi connectivity index (χ1v) is 10.7. The summed E-state index contributed by atoms with van der Waals surface area (Å²) in [4.78, 5) is 26.4. The molecule has 0 radical (unpaired) electrons. The lowest BCUT2D eigenvalue weighted by molar-refractivity contribution is -0.120. The van der Waals surface area contributed by atoms with Gasteiger partial charge < -0.3 is 15.5 Å². The lowest BCUT2D eigenvalue weighted by atomic mass is 9.89. The van der Waals surface area contributed by atoms with Gasteiger partial charge in [-0.25, -0.2) is 0 Å². The Kier molecular flexibility index (Phi) is 5.84. The zero-order chi connectivity index (χ0) is 20.2. The fourth-order valence-electron chi connectivity index (χ4n) is 4.34. The molecule has 1 heterocycles. The summed E-state index contributed by atoms with van der Waals surface area (Å²) >= 11 is 0. The second kappa shape index (κ2) is 8.68. The summed E-state index contributed by atoms with van der Waals surface area (Å²) in [5, 5.41) is 6.30. The molecular formula is C24H29N3O2. The van der Waals surface area contributed by atoms with Gasteiger partial charge in [0.05, 0.1) is 24.0 Å². The highest BCUT2D eigenvalue weighted by molar-refractivity contribution is 5.98. The highest BCUT2D eigenvalue weighted by Gasteiger charge is 2.23. The van der Waals surface area contributed by atoms with Crippen molar-refractivity contribution in [2.75, 3.05) is 23.3 Å². The largest absolute Gasteiger partial charge is 0.374 e. The van der Waals surface area contributed by atoms with Crippen molar-refractivity contribution in [3.05, 3.63) is 59.2 Å². The van der Waals surface area contributed by atoms with E-state index in [1.807, 2.05) is 31.2 Å². The molecule has 5 nitrogen and oxygen atoms in total. The van der Waals surface area contributed by atoms with E-state index >= 15 is 0 Å². The van der Waals surface area contributed by atoms with Crippen molar-refractivity contribution in [2.24, 2.45) is 0 Å². The van der Waals surface area contributed by atoms with Gasteiger partial charge in [0.15, 0.2) is 0 Å². The number of nitrogens with zero attached hydrogens (tertiary/aromatic N) is 1. The molecule has 0 bridgehead atoms. The van der Waals surface area contributed by atoms with Gasteiger partial charge in [-0.2, -0.15) is 0 Å². The van der Waals surface area contributed by atoms with Crippen molar-refractivity contribution in [3.8, 4) is 0 Å². The van der Waals surface area contributed by atoms with Crippen molar-refractivity contribution in [2.45, 2.75) is 51.5 Å². The lowest BCUT2D eigenvalue weighted by Gasteiger charge is -2.22. The fourth-order valence-corrected chi connectivity index (χ4v) is 4.34. The van der Waals surface area contributed by atoms with Crippen LogP contribution in [0.4, 0.5) is 11.4 Å². The quantitative estimate of drug-likeness (QED) is 0.783. The Morgan fingerprint density at radius 1 is 1.03 bits per heavy atom. The maximum Gasteiger partial charge on any atom is 0.239 e. The highest BCUT2D eigenvalue weighted by Crippen LogP contribution is 2.29. The van der Waals surface area contributed by atoms with Gasteiger partial charge in [0.2, 0.25) is 11.8 Å². The van der Waals surface area contributed by atoms with E-state index in [1.165, 1.54) is 30.4 Å². The Balaban J connectivity index is 1.36. The van der Waals surface area contributed by atoms with Crippen molar-refractivity contribution < 1.29 is 9.59 Å².